The molecule has 0 bridgehead atoms. The van der Waals surface area contributed by atoms with Gasteiger partial charge < -0.3 is 14.6 Å². The highest BCUT2D eigenvalue weighted by Gasteiger charge is 2.32. The summed E-state index contributed by atoms with van der Waals surface area (Å²) in [7, 11) is 1.88. The van der Waals surface area contributed by atoms with E-state index in [4.69, 9.17) is 0 Å². The lowest BCUT2D eigenvalue weighted by atomic mass is 9.92. The number of aliphatic hydroxyl groups is 1. The summed E-state index contributed by atoms with van der Waals surface area (Å²) in [6.07, 6.45) is 6.35. The molecule has 2 aromatic rings. The second-order valence-corrected chi connectivity index (χ2v) is 7.77. The molecule has 2 unspecified atom stereocenters. The Bertz CT molecular complexity index is 709. The van der Waals surface area contributed by atoms with Crippen molar-refractivity contribution in [3.63, 3.8) is 0 Å². The molecule has 2 aromatic heterocycles. The van der Waals surface area contributed by atoms with Gasteiger partial charge >= 0.3 is 0 Å². The first-order chi connectivity index (χ1) is 11.5. The van der Waals surface area contributed by atoms with E-state index in [0.717, 1.165) is 24.4 Å². The Morgan fingerprint density at radius 3 is 2.83 bits per heavy atom. The van der Waals surface area contributed by atoms with Crippen LogP contribution >= 0.6 is 11.3 Å². The molecule has 1 N–H and O–H groups in total. The van der Waals surface area contributed by atoms with Crippen LogP contribution in [0.5, 0.6) is 0 Å². The largest absolute Gasteiger partial charge is 0.385 e. The number of aromatic nitrogens is 3. The van der Waals surface area contributed by atoms with Crippen molar-refractivity contribution in [2.75, 3.05) is 13.1 Å². The average Bonchev–Trinajstić information content (AvgIpc) is 3.22. The molecule has 1 saturated heterocycles. The first-order valence-corrected chi connectivity index (χ1v) is 9.19. The van der Waals surface area contributed by atoms with Crippen LogP contribution < -0.4 is 0 Å². The van der Waals surface area contributed by atoms with Crippen molar-refractivity contribution in [2.24, 2.45) is 13.0 Å². The molecule has 7 heteroatoms. The summed E-state index contributed by atoms with van der Waals surface area (Å²) in [6.45, 7) is 5.44. The third kappa shape index (κ3) is 3.37. The fraction of sp³-hybridized carbons (Fsp3) is 0.588. The van der Waals surface area contributed by atoms with Crippen LogP contribution in [-0.2, 0) is 7.05 Å². The van der Waals surface area contributed by atoms with Crippen LogP contribution in [0.3, 0.4) is 0 Å². The Morgan fingerprint density at radius 1 is 1.42 bits per heavy atom. The maximum Gasteiger partial charge on any atom is 0.265 e. The fourth-order valence-corrected chi connectivity index (χ4v) is 4.02. The van der Waals surface area contributed by atoms with Crippen molar-refractivity contribution in [2.45, 2.75) is 38.7 Å². The quantitative estimate of drug-likeness (QED) is 0.922. The summed E-state index contributed by atoms with van der Waals surface area (Å²) < 4.78 is 1.84. The van der Waals surface area contributed by atoms with Gasteiger partial charge in [0.25, 0.3) is 5.91 Å². The van der Waals surface area contributed by atoms with E-state index in [0.29, 0.717) is 23.2 Å². The monoisotopic (exact) mass is 348 g/mol. The van der Waals surface area contributed by atoms with Gasteiger partial charge in [-0.2, -0.15) is 0 Å². The summed E-state index contributed by atoms with van der Waals surface area (Å²) in [6, 6.07) is 0. The van der Waals surface area contributed by atoms with Crippen LogP contribution in [0.25, 0.3) is 0 Å². The molecule has 1 amide bonds. The Morgan fingerprint density at radius 2 is 2.21 bits per heavy atom. The molecule has 1 aliphatic heterocycles. The smallest absolute Gasteiger partial charge is 0.265 e. The lowest BCUT2D eigenvalue weighted by molar-refractivity contribution is 0.0361. The van der Waals surface area contributed by atoms with Crippen LogP contribution in [0.1, 0.15) is 59.2 Å². The maximum atomic E-state index is 12.8. The van der Waals surface area contributed by atoms with Gasteiger partial charge in [0.05, 0.1) is 11.2 Å². The van der Waals surface area contributed by atoms with Crippen LogP contribution in [0.2, 0.25) is 0 Å². The highest BCUT2D eigenvalue weighted by molar-refractivity contribution is 7.13. The van der Waals surface area contributed by atoms with Gasteiger partial charge in [0.15, 0.2) is 0 Å². The fourth-order valence-electron chi connectivity index (χ4n) is 3.13. The minimum atomic E-state index is -0.645. The Kier molecular flexibility index (Phi) is 5.01. The number of thiazole rings is 1. The number of piperidine rings is 1. The van der Waals surface area contributed by atoms with Gasteiger partial charge in [0.2, 0.25) is 0 Å². The van der Waals surface area contributed by atoms with Crippen LogP contribution in [-0.4, -0.2) is 43.5 Å². The zero-order valence-electron chi connectivity index (χ0n) is 14.3. The lowest BCUT2D eigenvalue weighted by Gasteiger charge is -2.34. The third-order valence-electron chi connectivity index (χ3n) is 4.54. The average molecular weight is 348 g/mol. The second-order valence-electron chi connectivity index (χ2n) is 6.71. The number of rotatable bonds is 4. The van der Waals surface area contributed by atoms with E-state index in [-0.39, 0.29) is 11.8 Å². The molecule has 0 saturated carbocycles. The Balaban J connectivity index is 1.70. The summed E-state index contributed by atoms with van der Waals surface area (Å²) in [5, 5.41) is 11.6. The van der Waals surface area contributed by atoms with Gasteiger partial charge in [0, 0.05) is 44.4 Å². The molecule has 6 nitrogen and oxygen atoms in total. The standard InChI is InChI=1S/C17H24N4O2S/c1-11(2)16-19-9-13(24-16)17(23)21-7-4-5-12(10-21)14(22)15-18-6-8-20(15)3/h6,8-9,11-12,14,22H,4-5,7,10H2,1-3H3. The van der Waals surface area contributed by atoms with Crippen molar-refractivity contribution in [3.8, 4) is 0 Å². The highest BCUT2D eigenvalue weighted by atomic mass is 32.1. The van der Waals surface area contributed by atoms with Crippen LogP contribution in [0.15, 0.2) is 18.6 Å². The third-order valence-corrected chi connectivity index (χ3v) is 5.83. The molecule has 1 fully saturated rings. The molecule has 0 radical (unpaired) electrons. The summed E-state index contributed by atoms with van der Waals surface area (Å²) in [4.78, 5) is 23.9. The first-order valence-electron chi connectivity index (χ1n) is 8.37. The van der Waals surface area contributed by atoms with Gasteiger partial charge in [-0.1, -0.05) is 13.8 Å². The van der Waals surface area contributed by atoms with Crippen molar-refractivity contribution < 1.29 is 9.90 Å². The number of carbonyl (C=O) groups excluding carboxylic acids is 1. The SMILES string of the molecule is CC(C)c1ncc(C(=O)N2CCCC(C(O)c3nccn3C)C2)s1. The van der Waals surface area contributed by atoms with Gasteiger partial charge in [-0.15, -0.1) is 11.3 Å². The van der Waals surface area contributed by atoms with Crippen LogP contribution in [0, 0.1) is 5.92 Å². The molecule has 130 valence electrons. The minimum absolute atomic E-state index is 0.0151. The number of carbonyl (C=O) groups is 1. The van der Waals surface area contributed by atoms with Gasteiger partial charge in [-0.3, -0.25) is 4.79 Å². The summed E-state index contributed by atoms with van der Waals surface area (Å²) in [5.41, 5.74) is 0. The number of nitrogens with zero attached hydrogens (tertiary/aromatic N) is 4. The lowest BCUT2D eigenvalue weighted by Crippen LogP contribution is -2.41. The normalized spacial score (nSPS) is 19.7. The Labute approximate surface area is 146 Å². The number of hydrogen-bond acceptors (Lipinski definition) is 5. The topological polar surface area (TPSA) is 71.2 Å². The number of aryl methyl sites for hydroxylation is 1. The van der Waals surface area contributed by atoms with Crippen molar-refractivity contribution in [1.82, 2.24) is 19.4 Å². The highest BCUT2D eigenvalue weighted by Crippen LogP contribution is 2.30. The number of hydrogen-bond donors (Lipinski definition) is 1. The molecular weight excluding hydrogens is 324 g/mol. The van der Waals surface area contributed by atoms with E-state index in [1.165, 1.54) is 11.3 Å². The van der Waals surface area contributed by atoms with Crippen molar-refractivity contribution >= 4 is 17.2 Å². The summed E-state index contributed by atoms with van der Waals surface area (Å²) >= 11 is 1.47. The number of likely N-dealkylation sites (tertiary alicyclic amines) is 1. The molecule has 2 atom stereocenters. The number of aliphatic hydroxyl groups excluding tert-OH is 1. The molecule has 0 spiro atoms. The van der Waals surface area contributed by atoms with Crippen LogP contribution in [0.4, 0.5) is 0 Å². The van der Waals surface area contributed by atoms with Gasteiger partial charge in [-0.05, 0) is 12.8 Å². The van der Waals surface area contributed by atoms with E-state index < -0.39 is 6.10 Å². The van der Waals surface area contributed by atoms with Crippen molar-refractivity contribution in [1.29, 1.82) is 0 Å². The maximum absolute atomic E-state index is 12.8. The van der Waals surface area contributed by atoms with E-state index >= 15 is 0 Å². The molecule has 3 heterocycles. The predicted molar refractivity (Wildman–Crippen MR) is 93.0 cm³/mol. The van der Waals surface area contributed by atoms with E-state index in [1.54, 1.807) is 12.4 Å². The Hall–Kier alpha value is -1.73. The summed E-state index contributed by atoms with van der Waals surface area (Å²) in [5.74, 6) is 1.03. The molecule has 1 aliphatic rings. The van der Waals surface area contributed by atoms with Gasteiger partial charge in [0.1, 0.15) is 16.8 Å². The zero-order chi connectivity index (χ0) is 17.3. The van der Waals surface area contributed by atoms with Gasteiger partial charge in [-0.25, -0.2) is 9.97 Å². The van der Waals surface area contributed by atoms with Crippen molar-refractivity contribution in [3.05, 3.63) is 34.3 Å². The molecule has 0 aromatic carbocycles. The second kappa shape index (κ2) is 7.03. The number of imidazole rings is 1. The van der Waals surface area contributed by atoms with E-state index in [9.17, 15) is 9.90 Å². The predicted octanol–water partition coefficient (Wildman–Crippen LogP) is 2.59. The first kappa shape index (κ1) is 17.1. The zero-order valence-corrected chi connectivity index (χ0v) is 15.2. The molecule has 3 rings (SSSR count). The molecule has 24 heavy (non-hydrogen) atoms. The van der Waals surface area contributed by atoms with E-state index in [1.807, 2.05) is 22.7 Å². The van der Waals surface area contributed by atoms with E-state index in [2.05, 4.69) is 23.8 Å². The minimum Gasteiger partial charge on any atom is -0.385 e. The molecular formula is C17H24N4O2S. The molecule has 0 aliphatic carbocycles. The number of amides is 1.